The zero-order valence-corrected chi connectivity index (χ0v) is 11.0. The van der Waals surface area contributed by atoms with Crippen LogP contribution < -0.4 is 11.1 Å². The van der Waals surface area contributed by atoms with E-state index in [1.165, 1.54) is 6.07 Å². The first kappa shape index (κ1) is 13.0. The van der Waals surface area contributed by atoms with Crippen molar-refractivity contribution in [3.8, 4) is 0 Å². The molecular formula is C14H19FN2O. The van der Waals surface area contributed by atoms with Crippen molar-refractivity contribution in [2.45, 2.75) is 39.3 Å². The number of amides is 1. The maximum Gasteiger partial charge on any atom is 0.254 e. The average molecular weight is 250 g/mol. The summed E-state index contributed by atoms with van der Waals surface area (Å²) in [5.41, 5.74) is 6.34. The van der Waals surface area contributed by atoms with E-state index in [1.807, 2.05) is 13.8 Å². The second-order valence-electron chi connectivity index (χ2n) is 5.63. The third-order valence-corrected chi connectivity index (χ3v) is 4.09. The number of hydrogen-bond acceptors (Lipinski definition) is 2. The predicted molar refractivity (Wildman–Crippen MR) is 68.8 cm³/mol. The van der Waals surface area contributed by atoms with E-state index >= 15 is 0 Å². The molecule has 2 rings (SSSR count). The number of halogens is 1. The Morgan fingerprint density at radius 1 is 1.50 bits per heavy atom. The maximum absolute atomic E-state index is 13.8. The van der Waals surface area contributed by atoms with Crippen molar-refractivity contribution in [1.82, 2.24) is 5.32 Å². The minimum atomic E-state index is -0.448. The van der Waals surface area contributed by atoms with Gasteiger partial charge in [0.2, 0.25) is 0 Å². The molecule has 0 bridgehead atoms. The van der Waals surface area contributed by atoms with Crippen molar-refractivity contribution in [2.24, 2.45) is 11.1 Å². The predicted octanol–water partition coefficient (Wildman–Crippen LogP) is 1.99. The lowest BCUT2D eigenvalue weighted by molar-refractivity contribution is 0.0584. The Labute approximate surface area is 107 Å². The molecule has 0 saturated heterocycles. The Kier molecular flexibility index (Phi) is 3.15. The molecule has 1 amide bonds. The van der Waals surface area contributed by atoms with Gasteiger partial charge in [-0.15, -0.1) is 0 Å². The third-order valence-electron chi connectivity index (χ3n) is 4.09. The van der Waals surface area contributed by atoms with Crippen LogP contribution in [0, 0.1) is 18.2 Å². The van der Waals surface area contributed by atoms with Gasteiger partial charge >= 0.3 is 0 Å². The molecule has 0 aromatic heterocycles. The number of carbonyl (C=O) groups is 1. The summed E-state index contributed by atoms with van der Waals surface area (Å²) in [6.45, 7) is 5.67. The van der Waals surface area contributed by atoms with Gasteiger partial charge in [0.05, 0.1) is 5.56 Å². The van der Waals surface area contributed by atoms with Crippen LogP contribution >= 0.6 is 0 Å². The van der Waals surface area contributed by atoms with Crippen LogP contribution in [0.1, 0.15) is 36.2 Å². The van der Waals surface area contributed by atoms with Crippen molar-refractivity contribution < 1.29 is 9.18 Å². The van der Waals surface area contributed by atoms with E-state index in [1.54, 1.807) is 19.1 Å². The van der Waals surface area contributed by atoms with Gasteiger partial charge in [0.25, 0.3) is 5.91 Å². The highest BCUT2D eigenvalue weighted by Crippen LogP contribution is 2.39. The Balaban J connectivity index is 2.12. The molecule has 2 unspecified atom stereocenters. The smallest absolute Gasteiger partial charge is 0.254 e. The fourth-order valence-electron chi connectivity index (χ4n) is 2.26. The molecule has 0 aliphatic heterocycles. The highest BCUT2D eigenvalue weighted by molar-refractivity contribution is 5.95. The van der Waals surface area contributed by atoms with Gasteiger partial charge in [0.1, 0.15) is 5.82 Å². The van der Waals surface area contributed by atoms with Crippen LogP contribution in [0.15, 0.2) is 18.2 Å². The molecule has 4 heteroatoms. The van der Waals surface area contributed by atoms with Gasteiger partial charge in [-0.1, -0.05) is 26.0 Å². The summed E-state index contributed by atoms with van der Waals surface area (Å²) >= 11 is 0. The number of nitrogens with one attached hydrogen (secondary N) is 1. The van der Waals surface area contributed by atoms with E-state index < -0.39 is 5.82 Å². The molecule has 1 saturated carbocycles. The maximum atomic E-state index is 13.8. The van der Waals surface area contributed by atoms with Crippen LogP contribution in [0.25, 0.3) is 0 Å². The second-order valence-corrected chi connectivity index (χ2v) is 5.63. The summed E-state index contributed by atoms with van der Waals surface area (Å²) in [6.07, 6.45) is 0.742. The largest absolute Gasteiger partial charge is 0.349 e. The van der Waals surface area contributed by atoms with Gasteiger partial charge in [0, 0.05) is 17.5 Å². The Bertz CT molecular complexity index is 485. The fraction of sp³-hybridized carbons (Fsp3) is 0.500. The number of aryl methyl sites for hydroxylation is 1. The molecule has 1 aliphatic rings. The van der Waals surface area contributed by atoms with Crippen molar-refractivity contribution in [3.05, 3.63) is 35.1 Å². The lowest BCUT2D eigenvalue weighted by Crippen LogP contribution is -2.64. The summed E-state index contributed by atoms with van der Waals surface area (Å²) in [4.78, 5) is 12.0. The lowest BCUT2D eigenvalue weighted by atomic mass is 9.63. The molecule has 98 valence electrons. The topological polar surface area (TPSA) is 55.1 Å². The van der Waals surface area contributed by atoms with E-state index in [9.17, 15) is 9.18 Å². The zero-order chi connectivity index (χ0) is 13.5. The summed E-state index contributed by atoms with van der Waals surface area (Å²) in [5, 5.41) is 2.86. The number of hydrogen-bond donors (Lipinski definition) is 2. The standard InChI is InChI=1S/C14H19FN2O/c1-8-5-4-6-9(12(8)15)13(18)17-11-7-10(16)14(11,2)3/h4-6,10-11H,7,16H2,1-3H3,(H,17,18). The molecule has 3 N–H and O–H groups in total. The Morgan fingerprint density at radius 3 is 2.72 bits per heavy atom. The minimum Gasteiger partial charge on any atom is -0.349 e. The van der Waals surface area contributed by atoms with Crippen molar-refractivity contribution >= 4 is 5.91 Å². The first-order valence-corrected chi connectivity index (χ1v) is 6.15. The normalized spacial score (nSPS) is 25.4. The molecule has 0 spiro atoms. The van der Waals surface area contributed by atoms with E-state index in [4.69, 9.17) is 5.73 Å². The van der Waals surface area contributed by atoms with E-state index in [0.29, 0.717) is 5.56 Å². The molecule has 0 heterocycles. The van der Waals surface area contributed by atoms with Crippen molar-refractivity contribution in [1.29, 1.82) is 0 Å². The Morgan fingerprint density at radius 2 is 2.17 bits per heavy atom. The summed E-state index contributed by atoms with van der Waals surface area (Å²) in [5.74, 6) is -0.808. The SMILES string of the molecule is Cc1cccc(C(=O)NC2CC(N)C2(C)C)c1F. The van der Waals surface area contributed by atoms with Gasteiger partial charge in [-0.05, 0) is 25.0 Å². The summed E-state index contributed by atoms with van der Waals surface area (Å²) in [6, 6.07) is 4.94. The van der Waals surface area contributed by atoms with Crippen LogP contribution in [-0.4, -0.2) is 18.0 Å². The van der Waals surface area contributed by atoms with Gasteiger partial charge in [-0.25, -0.2) is 4.39 Å². The minimum absolute atomic E-state index is 0.0138. The van der Waals surface area contributed by atoms with Crippen LogP contribution in [0.3, 0.4) is 0 Å². The van der Waals surface area contributed by atoms with E-state index in [-0.39, 0.29) is 29.0 Å². The first-order chi connectivity index (χ1) is 8.34. The summed E-state index contributed by atoms with van der Waals surface area (Å²) < 4.78 is 13.8. The molecular weight excluding hydrogens is 231 g/mol. The van der Waals surface area contributed by atoms with Crippen molar-refractivity contribution in [2.75, 3.05) is 0 Å². The molecule has 1 fully saturated rings. The number of carbonyl (C=O) groups excluding carboxylic acids is 1. The van der Waals surface area contributed by atoms with Gasteiger partial charge in [-0.3, -0.25) is 4.79 Å². The van der Waals surface area contributed by atoms with Gasteiger partial charge < -0.3 is 11.1 Å². The molecule has 18 heavy (non-hydrogen) atoms. The molecule has 1 aliphatic carbocycles. The highest BCUT2D eigenvalue weighted by atomic mass is 19.1. The number of nitrogens with two attached hydrogens (primary N) is 1. The lowest BCUT2D eigenvalue weighted by Gasteiger charge is -2.50. The fourth-order valence-corrected chi connectivity index (χ4v) is 2.26. The third kappa shape index (κ3) is 2.01. The second kappa shape index (κ2) is 4.35. The molecule has 0 radical (unpaired) electrons. The van der Waals surface area contributed by atoms with E-state index in [0.717, 1.165) is 6.42 Å². The van der Waals surface area contributed by atoms with Crippen molar-refractivity contribution in [3.63, 3.8) is 0 Å². The average Bonchev–Trinajstić information content (AvgIpc) is 2.32. The number of rotatable bonds is 2. The Hall–Kier alpha value is -1.42. The quantitative estimate of drug-likeness (QED) is 0.843. The molecule has 2 atom stereocenters. The zero-order valence-electron chi connectivity index (χ0n) is 11.0. The van der Waals surface area contributed by atoms with Crippen LogP contribution in [0.5, 0.6) is 0 Å². The first-order valence-electron chi connectivity index (χ1n) is 6.15. The van der Waals surface area contributed by atoms with Crippen LogP contribution in [0.2, 0.25) is 0 Å². The van der Waals surface area contributed by atoms with Crippen LogP contribution in [0.4, 0.5) is 4.39 Å². The monoisotopic (exact) mass is 250 g/mol. The summed E-state index contributed by atoms with van der Waals surface area (Å²) in [7, 11) is 0. The van der Waals surface area contributed by atoms with E-state index in [2.05, 4.69) is 5.32 Å². The number of benzene rings is 1. The highest BCUT2D eigenvalue weighted by Gasteiger charge is 2.46. The molecule has 1 aromatic carbocycles. The van der Waals surface area contributed by atoms with Crippen LogP contribution in [-0.2, 0) is 0 Å². The van der Waals surface area contributed by atoms with Gasteiger partial charge in [-0.2, -0.15) is 0 Å². The molecule has 3 nitrogen and oxygen atoms in total. The molecule has 1 aromatic rings. The van der Waals surface area contributed by atoms with Gasteiger partial charge in [0.15, 0.2) is 0 Å².